The number of imidazole rings is 1. The van der Waals surface area contributed by atoms with Crippen LogP contribution in [0.4, 0.5) is 18.9 Å². The highest BCUT2D eigenvalue weighted by Gasteiger charge is 2.31. The van der Waals surface area contributed by atoms with E-state index in [2.05, 4.69) is 25.3 Å². The summed E-state index contributed by atoms with van der Waals surface area (Å²) in [5.74, 6) is -0.194. The predicted octanol–water partition coefficient (Wildman–Crippen LogP) is 3.99. The van der Waals surface area contributed by atoms with Crippen LogP contribution in [0.5, 0.6) is 11.5 Å². The number of ether oxygens (including phenoxy) is 2. The van der Waals surface area contributed by atoms with Gasteiger partial charge in [-0.15, -0.1) is 18.3 Å². The first-order valence-electron chi connectivity index (χ1n) is 9.95. The Hall–Kier alpha value is -4.35. The number of rotatable bonds is 7. The summed E-state index contributed by atoms with van der Waals surface area (Å²) in [6, 6.07) is 10.4. The van der Waals surface area contributed by atoms with Gasteiger partial charge in [-0.25, -0.2) is 9.67 Å². The number of hydrogen-bond donors (Lipinski definition) is 1. The zero-order chi connectivity index (χ0) is 24.3. The third-order valence-electron chi connectivity index (χ3n) is 4.68. The lowest BCUT2D eigenvalue weighted by Crippen LogP contribution is -2.19. The zero-order valence-corrected chi connectivity index (χ0v) is 18.1. The lowest BCUT2D eigenvalue weighted by atomic mass is 10.1. The molecule has 4 rings (SSSR count). The van der Waals surface area contributed by atoms with Gasteiger partial charge in [0.2, 0.25) is 5.91 Å². The number of nitrogens with one attached hydrogen (secondary N) is 1. The van der Waals surface area contributed by atoms with E-state index in [1.54, 1.807) is 19.6 Å². The molecule has 0 radical (unpaired) electrons. The molecule has 0 atom stereocenters. The van der Waals surface area contributed by atoms with Crippen molar-refractivity contribution < 1.29 is 27.4 Å². The van der Waals surface area contributed by atoms with Gasteiger partial charge in [0.05, 0.1) is 31.0 Å². The van der Waals surface area contributed by atoms with Crippen molar-refractivity contribution in [1.29, 1.82) is 0 Å². The van der Waals surface area contributed by atoms with Gasteiger partial charge in [0.15, 0.2) is 0 Å². The maximum atomic E-state index is 12.3. The van der Waals surface area contributed by atoms with Gasteiger partial charge in [0.25, 0.3) is 0 Å². The molecule has 176 valence electrons. The van der Waals surface area contributed by atoms with Gasteiger partial charge in [-0.05, 0) is 43.3 Å². The fraction of sp³-hybridized carbons (Fsp3) is 0.182. The molecule has 1 amide bonds. The molecule has 2 heterocycles. The van der Waals surface area contributed by atoms with Crippen molar-refractivity contribution in [1.82, 2.24) is 24.5 Å². The molecule has 2 aromatic carbocycles. The Morgan fingerprint density at radius 1 is 1.12 bits per heavy atom. The van der Waals surface area contributed by atoms with Crippen LogP contribution >= 0.6 is 0 Å². The Morgan fingerprint density at radius 2 is 1.88 bits per heavy atom. The number of amides is 1. The summed E-state index contributed by atoms with van der Waals surface area (Å²) < 4.78 is 49.2. The van der Waals surface area contributed by atoms with Crippen LogP contribution in [0.1, 0.15) is 5.69 Å². The second-order valence-electron chi connectivity index (χ2n) is 7.23. The molecule has 0 unspecified atom stereocenters. The van der Waals surface area contributed by atoms with Crippen LogP contribution in [-0.2, 0) is 11.3 Å². The fourth-order valence-electron chi connectivity index (χ4n) is 3.20. The SMILES string of the molecule is COc1cc(-c2cn(CC(=O)Nc3ccc(OC(F)(F)F)cc3)nn2)ccc1-n1cnc(C)c1. The molecule has 2 aromatic heterocycles. The van der Waals surface area contributed by atoms with Crippen LogP contribution < -0.4 is 14.8 Å². The van der Waals surface area contributed by atoms with E-state index in [0.29, 0.717) is 17.1 Å². The Balaban J connectivity index is 1.42. The summed E-state index contributed by atoms with van der Waals surface area (Å²) in [6.45, 7) is 1.75. The lowest BCUT2D eigenvalue weighted by Gasteiger charge is -2.10. The van der Waals surface area contributed by atoms with E-state index in [0.717, 1.165) is 29.1 Å². The zero-order valence-electron chi connectivity index (χ0n) is 18.1. The average Bonchev–Trinajstić information content (AvgIpc) is 3.42. The van der Waals surface area contributed by atoms with Crippen LogP contribution in [0.3, 0.4) is 0 Å². The van der Waals surface area contributed by atoms with Gasteiger partial charge in [0, 0.05) is 17.4 Å². The molecular formula is C22H19F3N6O3. The predicted molar refractivity (Wildman–Crippen MR) is 116 cm³/mol. The second-order valence-corrected chi connectivity index (χ2v) is 7.23. The first-order chi connectivity index (χ1) is 16.2. The number of carbonyl (C=O) groups is 1. The van der Waals surface area contributed by atoms with Crippen molar-refractivity contribution in [3.05, 3.63) is 66.9 Å². The molecule has 12 heteroatoms. The molecule has 9 nitrogen and oxygen atoms in total. The highest BCUT2D eigenvalue weighted by Crippen LogP contribution is 2.29. The monoisotopic (exact) mass is 472 g/mol. The number of benzene rings is 2. The molecule has 0 aliphatic heterocycles. The van der Waals surface area contributed by atoms with Gasteiger partial charge in [-0.1, -0.05) is 11.3 Å². The molecule has 4 aromatic rings. The highest BCUT2D eigenvalue weighted by molar-refractivity contribution is 5.90. The molecule has 0 spiro atoms. The van der Waals surface area contributed by atoms with E-state index in [1.165, 1.54) is 16.8 Å². The van der Waals surface area contributed by atoms with Crippen LogP contribution in [-0.4, -0.2) is 43.9 Å². The number of aryl methyl sites for hydroxylation is 1. The van der Waals surface area contributed by atoms with Gasteiger partial charge in [-0.3, -0.25) is 4.79 Å². The lowest BCUT2D eigenvalue weighted by molar-refractivity contribution is -0.274. The minimum Gasteiger partial charge on any atom is -0.495 e. The Morgan fingerprint density at radius 3 is 2.53 bits per heavy atom. The standard InChI is InChI=1S/C22H19F3N6O3/c1-14-10-30(13-26-14)19-8-3-15(9-20(19)33-2)18-11-31(29-28-18)12-21(32)27-16-4-6-17(7-5-16)34-22(23,24)25/h3-11,13H,12H2,1-2H3,(H,27,32). The van der Waals surface area contributed by atoms with Crippen molar-refractivity contribution in [2.45, 2.75) is 19.8 Å². The normalized spacial score (nSPS) is 11.3. The molecule has 0 bridgehead atoms. The quantitative estimate of drug-likeness (QED) is 0.437. The topological polar surface area (TPSA) is 96.1 Å². The second kappa shape index (κ2) is 9.25. The van der Waals surface area contributed by atoms with E-state index in [9.17, 15) is 18.0 Å². The van der Waals surface area contributed by atoms with E-state index in [-0.39, 0.29) is 12.3 Å². The average molecular weight is 472 g/mol. The maximum Gasteiger partial charge on any atom is 0.573 e. The maximum absolute atomic E-state index is 12.3. The molecular weight excluding hydrogens is 453 g/mol. The summed E-state index contributed by atoms with van der Waals surface area (Å²) in [6.07, 6.45) is 0.399. The molecule has 0 aliphatic carbocycles. The van der Waals surface area contributed by atoms with Crippen molar-refractivity contribution >= 4 is 11.6 Å². The minimum atomic E-state index is -4.78. The van der Waals surface area contributed by atoms with E-state index >= 15 is 0 Å². The summed E-state index contributed by atoms with van der Waals surface area (Å²) in [5.41, 5.74) is 3.27. The molecule has 1 N–H and O–H groups in total. The summed E-state index contributed by atoms with van der Waals surface area (Å²) in [7, 11) is 1.56. The molecule has 0 saturated heterocycles. The van der Waals surface area contributed by atoms with Gasteiger partial charge in [0.1, 0.15) is 23.7 Å². The Kier molecular flexibility index (Phi) is 6.21. The van der Waals surface area contributed by atoms with Crippen LogP contribution in [0.15, 0.2) is 61.2 Å². The molecule has 0 aliphatic rings. The fourth-order valence-corrected chi connectivity index (χ4v) is 3.20. The van der Waals surface area contributed by atoms with E-state index < -0.39 is 12.3 Å². The summed E-state index contributed by atoms with van der Waals surface area (Å²) in [5, 5.41) is 10.7. The first-order valence-corrected chi connectivity index (χ1v) is 9.95. The van der Waals surface area contributed by atoms with Crippen molar-refractivity contribution in [3.8, 4) is 28.4 Å². The third-order valence-corrected chi connectivity index (χ3v) is 4.68. The van der Waals surface area contributed by atoms with Crippen molar-refractivity contribution in [3.63, 3.8) is 0 Å². The van der Waals surface area contributed by atoms with E-state index in [4.69, 9.17) is 4.74 Å². The first kappa shape index (κ1) is 22.8. The van der Waals surface area contributed by atoms with Crippen LogP contribution in [0, 0.1) is 6.92 Å². The van der Waals surface area contributed by atoms with E-state index in [1.807, 2.05) is 35.9 Å². The smallest absolute Gasteiger partial charge is 0.495 e. The number of alkyl halides is 3. The highest BCUT2D eigenvalue weighted by atomic mass is 19.4. The van der Waals surface area contributed by atoms with Crippen molar-refractivity contribution in [2.75, 3.05) is 12.4 Å². The van der Waals surface area contributed by atoms with Gasteiger partial charge in [-0.2, -0.15) is 0 Å². The van der Waals surface area contributed by atoms with Gasteiger partial charge < -0.3 is 19.4 Å². The molecule has 0 saturated carbocycles. The summed E-state index contributed by atoms with van der Waals surface area (Å²) >= 11 is 0. The number of aromatic nitrogens is 5. The number of nitrogens with zero attached hydrogens (tertiary/aromatic N) is 5. The number of carbonyl (C=O) groups excluding carboxylic acids is 1. The Labute approximate surface area is 191 Å². The summed E-state index contributed by atoms with van der Waals surface area (Å²) in [4.78, 5) is 16.5. The van der Waals surface area contributed by atoms with Crippen LogP contribution in [0.2, 0.25) is 0 Å². The van der Waals surface area contributed by atoms with Crippen molar-refractivity contribution in [2.24, 2.45) is 0 Å². The van der Waals surface area contributed by atoms with Crippen LogP contribution in [0.25, 0.3) is 16.9 Å². The molecule has 0 fully saturated rings. The number of anilines is 1. The molecule has 34 heavy (non-hydrogen) atoms. The third kappa shape index (κ3) is 5.52. The largest absolute Gasteiger partial charge is 0.573 e. The number of methoxy groups -OCH3 is 1. The number of hydrogen-bond acceptors (Lipinski definition) is 6. The Bertz CT molecular complexity index is 1300. The number of halogens is 3. The minimum absolute atomic E-state index is 0.142. The van der Waals surface area contributed by atoms with Gasteiger partial charge >= 0.3 is 6.36 Å².